The van der Waals surface area contributed by atoms with Crippen LogP contribution in [-0.2, 0) is 37.0 Å². The molecule has 0 aromatic heterocycles. The maximum Gasteiger partial charge on any atom is 0.408 e. The molecule has 3 N–H and O–H groups in total. The predicted octanol–water partition coefficient (Wildman–Crippen LogP) is 3.90. The Balaban J connectivity index is 1.89. The molecule has 2 aromatic rings. The van der Waals surface area contributed by atoms with Crippen LogP contribution in [0.1, 0.15) is 44.7 Å². The summed E-state index contributed by atoms with van der Waals surface area (Å²) in [5.74, 6) is -1.07. The van der Waals surface area contributed by atoms with Gasteiger partial charge in [0.05, 0.1) is 7.11 Å². The van der Waals surface area contributed by atoms with Crippen molar-refractivity contribution in [3.8, 4) is 0 Å². The van der Waals surface area contributed by atoms with Gasteiger partial charge in [-0.2, -0.15) is 0 Å². The molecule has 0 aliphatic heterocycles. The molecule has 10 heteroatoms. The summed E-state index contributed by atoms with van der Waals surface area (Å²) in [7, 11) is 1.19. The van der Waals surface area contributed by atoms with E-state index < -0.39 is 29.8 Å². The van der Waals surface area contributed by atoms with Gasteiger partial charge in [-0.15, -0.1) is 0 Å². The SMILES string of the molecule is COC(=O)[C@H](CCC(=O)Nc1ccccc1CNC(=O)OC(C)(C)C)NC(=O)OCc1ccccc1. The lowest BCUT2D eigenvalue weighted by molar-refractivity contribution is -0.143. The predicted molar refractivity (Wildman–Crippen MR) is 133 cm³/mol. The van der Waals surface area contributed by atoms with E-state index in [1.807, 2.05) is 18.2 Å². The summed E-state index contributed by atoms with van der Waals surface area (Å²) in [6, 6.07) is 15.0. The molecule has 0 bridgehead atoms. The highest BCUT2D eigenvalue weighted by Crippen LogP contribution is 2.16. The number of para-hydroxylation sites is 1. The Bertz CT molecular complexity index is 1040. The molecule has 3 amide bonds. The number of esters is 1. The van der Waals surface area contributed by atoms with Crippen LogP contribution in [-0.4, -0.2) is 42.8 Å². The molecule has 0 aliphatic rings. The highest BCUT2D eigenvalue weighted by Gasteiger charge is 2.23. The number of nitrogens with one attached hydrogen (secondary N) is 3. The van der Waals surface area contributed by atoms with Crippen LogP contribution in [0.2, 0.25) is 0 Å². The van der Waals surface area contributed by atoms with Crippen molar-refractivity contribution in [3.63, 3.8) is 0 Å². The maximum absolute atomic E-state index is 12.6. The van der Waals surface area contributed by atoms with Gasteiger partial charge in [-0.25, -0.2) is 14.4 Å². The summed E-state index contributed by atoms with van der Waals surface area (Å²) in [6.07, 6.45) is -1.45. The molecule has 0 saturated heterocycles. The summed E-state index contributed by atoms with van der Waals surface area (Å²) in [5, 5.41) is 7.86. The number of hydrogen-bond donors (Lipinski definition) is 3. The van der Waals surface area contributed by atoms with Crippen molar-refractivity contribution >= 4 is 29.8 Å². The van der Waals surface area contributed by atoms with Crippen LogP contribution in [0.3, 0.4) is 0 Å². The van der Waals surface area contributed by atoms with E-state index in [4.69, 9.17) is 14.2 Å². The Kier molecular flexibility index (Phi) is 10.7. The zero-order valence-corrected chi connectivity index (χ0v) is 21.0. The fourth-order valence-electron chi connectivity index (χ4n) is 3.06. The molecule has 0 spiro atoms. The normalized spacial score (nSPS) is 11.6. The van der Waals surface area contributed by atoms with Gasteiger partial charge in [-0.1, -0.05) is 48.5 Å². The molecule has 0 fully saturated rings. The van der Waals surface area contributed by atoms with Gasteiger partial charge in [0.2, 0.25) is 5.91 Å². The molecule has 0 aliphatic carbocycles. The van der Waals surface area contributed by atoms with Crippen LogP contribution < -0.4 is 16.0 Å². The Morgan fingerprint density at radius 1 is 0.917 bits per heavy atom. The molecule has 10 nitrogen and oxygen atoms in total. The monoisotopic (exact) mass is 499 g/mol. The first-order valence-corrected chi connectivity index (χ1v) is 11.5. The third kappa shape index (κ3) is 10.5. The number of methoxy groups -OCH3 is 1. The van der Waals surface area contributed by atoms with E-state index in [9.17, 15) is 19.2 Å². The topological polar surface area (TPSA) is 132 Å². The van der Waals surface area contributed by atoms with E-state index in [1.165, 1.54) is 7.11 Å². The van der Waals surface area contributed by atoms with Crippen molar-refractivity contribution in [2.45, 2.75) is 58.4 Å². The number of ether oxygens (including phenoxy) is 3. The zero-order chi connectivity index (χ0) is 26.6. The zero-order valence-electron chi connectivity index (χ0n) is 21.0. The Morgan fingerprint density at radius 3 is 2.25 bits per heavy atom. The number of rotatable bonds is 10. The quantitative estimate of drug-likeness (QED) is 0.334. The lowest BCUT2D eigenvalue weighted by Crippen LogP contribution is -2.42. The van der Waals surface area contributed by atoms with Gasteiger partial charge >= 0.3 is 18.2 Å². The first-order chi connectivity index (χ1) is 17.1. The Labute approximate surface area is 210 Å². The van der Waals surface area contributed by atoms with Crippen LogP contribution in [0.25, 0.3) is 0 Å². The van der Waals surface area contributed by atoms with Gasteiger partial charge < -0.3 is 30.2 Å². The summed E-state index contributed by atoms with van der Waals surface area (Å²) in [6.45, 7) is 5.47. The van der Waals surface area contributed by atoms with Gasteiger partial charge in [0.25, 0.3) is 0 Å². The van der Waals surface area contributed by atoms with Crippen LogP contribution in [0.15, 0.2) is 54.6 Å². The van der Waals surface area contributed by atoms with Crippen molar-refractivity contribution < 1.29 is 33.4 Å². The number of anilines is 1. The first-order valence-electron chi connectivity index (χ1n) is 11.5. The second kappa shape index (κ2) is 13.7. The average Bonchev–Trinajstić information content (AvgIpc) is 2.83. The minimum absolute atomic E-state index is 0.00271. The largest absolute Gasteiger partial charge is 0.467 e. The lowest BCUT2D eigenvalue weighted by Gasteiger charge is -2.20. The van der Waals surface area contributed by atoms with E-state index in [1.54, 1.807) is 57.2 Å². The first kappa shape index (κ1) is 28.2. The van der Waals surface area contributed by atoms with Gasteiger partial charge in [0.15, 0.2) is 0 Å². The summed E-state index contributed by atoms with van der Waals surface area (Å²) in [4.78, 5) is 48.8. The number of benzene rings is 2. The molecule has 194 valence electrons. The maximum atomic E-state index is 12.6. The molecule has 2 rings (SSSR count). The van der Waals surface area contributed by atoms with Crippen LogP contribution >= 0.6 is 0 Å². The van der Waals surface area contributed by atoms with E-state index in [0.717, 1.165) is 5.56 Å². The fourth-order valence-corrected chi connectivity index (χ4v) is 3.06. The smallest absolute Gasteiger partial charge is 0.408 e. The fraction of sp³-hybridized carbons (Fsp3) is 0.385. The Morgan fingerprint density at radius 2 is 1.58 bits per heavy atom. The molecule has 0 unspecified atom stereocenters. The summed E-state index contributed by atoms with van der Waals surface area (Å²) < 4.78 is 15.1. The second-order valence-corrected chi connectivity index (χ2v) is 8.88. The van der Waals surface area contributed by atoms with Crippen molar-refractivity contribution in [2.75, 3.05) is 12.4 Å². The number of carbonyl (C=O) groups excluding carboxylic acids is 4. The van der Waals surface area contributed by atoms with Crippen molar-refractivity contribution in [2.24, 2.45) is 0 Å². The van der Waals surface area contributed by atoms with Crippen molar-refractivity contribution in [1.29, 1.82) is 0 Å². The standard InChI is InChI=1S/C26H33N3O7/c1-26(2,3)36-24(32)27-16-19-12-8-9-13-20(19)28-22(30)15-14-21(23(31)34-4)29-25(33)35-17-18-10-6-5-7-11-18/h5-13,21H,14-17H2,1-4H3,(H,27,32)(H,28,30)(H,29,33)/t21-/m0/s1. The van der Waals surface area contributed by atoms with Crippen LogP contribution in [0.5, 0.6) is 0 Å². The molecule has 0 saturated carbocycles. The van der Waals surface area contributed by atoms with E-state index >= 15 is 0 Å². The van der Waals surface area contributed by atoms with Crippen molar-refractivity contribution in [1.82, 2.24) is 10.6 Å². The number of carbonyl (C=O) groups is 4. The summed E-state index contributed by atoms with van der Waals surface area (Å²) in [5.41, 5.74) is 1.34. The highest BCUT2D eigenvalue weighted by molar-refractivity contribution is 5.92. The van der Waals surface area contributed by atoms with Crippen LogP contribution in [0, 0.1) is 0 Å². The van der Waals surface area contributed by atoms with Gasteiger partial charge in [-0.05, 0) is 44.4 Å². The molecule has 36 heavy (non-hydrogen) atoms. The molecular formula is C26H33N3O7. The van der Waals surface area contributed by atoms with Crippen molar-refractivity contribution in [3.05, 3.63) is 65.7 Å². The molecule has 2 aromatic carbocycles. The highest BCUT2D eigenvalue weighted by atomic mass is 16.6. The molecule has 1 atom stereocenters. The van der Waals surface area contributed by atoms with E-state index in [2.05, 4.69) is 16.0 Å². The van der Waals surface area contributed by atoms with Gasteiger partial charge in [-0.3, -0.25) is 4.79 Å². The lowest BCUT2D eigenvalue weighted by atomic mass is 10.1. The van der Waals surface area contributed by atoms with E-state index in [-0.39, 0.29) is 31.9 Å². The minimum atomic E-state index is -1.06. The number of hydrogen-bond acceptors (Lipinski definition) is 7. The summed E-state index contributed by atoms with van der Waals surface area (Å²) >= 11 is 0. The molecular weight excluding hydrogens is 466 g/mol. The van der Waals surface area contributed by atoms with Gasteiger partial charge in [0.1, 0.15) is 18.2 Å². The third-order valence-electron chi connectivity index (χ3n) is 4.76. The third-order valence-corrected chi connectivity index (χ3v) is 4.76. The van der Waals surface area contributed by atoms with Crippen LogP contribution in [0.4, 0.5) is 15.3 Å². The average molecular weight is 500 g/mol. The Hall–Kier alpha value is -4.08. The number of alkyl carbamates (subject to hydrolysis) is 2. The minimum Gasteiger partial charge on any atom is -0.467 e. The number of amides is 3. The molecule has 0 heterocycles. The van der Waals surface area contributed by atoms with Gasteiger partial charge in [0, 0.05) is 18.7 Å². The second-order valence-electron chi connectivity index (χ2n) is 8.88. The molecule has 0 radical (unpaired) electrons. The van der Waals surface area contributed by atoms with E-state index in [0.29, 0.717) is 11.3 Å².